The lowest BCUT2D eigenvalue weighted by molar-refractivity contribution is 0.558. The van der Waals surface area contributed by atoms with Crippen molar-refractivity contribution in [1.29, 1.82) is 0 Å². The van der Waals surface area contributed by atoms with Gasteiger partial charge in [-0.05, 0) is 44.6 Å². The van der Waals surface area contributed by atoms with Crippen LogP contribution in [0, 0.1) is 0 Å². The molecule has 128 valence electrons. The van der Waals surface area contributed by atoms with Gasteiger partial charge in [0.1, 0.15) is 11.2 Å². The van der Waals surface area contributed by atoms with Crippen molar-refractivity contribution in [3.8, 4) is 5.00 Å². The summed E-state index contributed by atoms with van der Waals surface area (Å²) in [5.74, 6) is 1.99. The van der Waals surface area contributed by atoms with E-state index in [0.717, 1.165) is 23.3 Å². The number of rotatable bonds is 3. The highest BCUT2D eigenvalue weighted by Gasteiger charge is 2.43. The van der Waals surface area contributed by atoms with Crippen LogP contribution in [0.15, 0.2) is 5.16 Å². The number of fused-ring (bicyclic) bond motifs is 8. The maximum Gasteiger partial charge on any atom is 0.249 e. The zero-order valence-electron chi connectivity index (χ0n) is 14.0. The molecule has 2 aliphatic heterocycles. The monoisotopic (exact) mass is 362 g/mol. The maximum absolute atomic E-state index is 4.51. The molecule has 1 saturated heterocycles. The minimum Gasteiger partial charge on any atom is -0.276 e. The van der Waals surface area contributed by atoms with Gasteiger partial charge >= 0.3 is 0 Å². The molecule has 4 heterocycles. The van der Waals surface area contributed by atoms with Gasteiger partial charge < -0.3 is 0 Å². The summed E-state index contributed by atoms with van der Waals surface area (Å²) in [4.78, 5) is 1.57. The smallest absolute Gasteiger partial charge is 0.249 e. The van der Waals surface area contributed by atoms with Crippen LogP contribution >= 0.6 is 23.1 Å². The fourth-order valence-electron chi connectivity index (χ4n) is 3.92. The molecule has 0 amide bonds. The van der Waals surface area contributed by atoms with Crippen LogP contribution in [-0.4, -0.2) is 26.7 Å². The van der Waals surface area contributed by atoms with Crippen molar-refractivity contribution in [2.24, 2.45) is 0 Å². The van der Waals surface area contributed by atoms with Crippen molar-refractivity contribution in [1.82, 2.24) is 25.5 Å². The Morgan fingerprint density at radius 1 is 1.29 bits per heavy atom. The first-order valence-corrected chi connectivity index (χ1v) is 10.6. The number of thiophene rings is 1. The average Bonchev–Trinajstić information content (AvgIpc) is 3.25. The van der Waals surface area contributed by atoms with E-state index in [1.54, 1.807) is 10.4 Å². The standard InChI is InChI=1S/C16H22N6S2/c1-3-8-23-16-19-18-15-21(16)14-12(13-17-9(2)20-22(13)15)10-6-4-5-7-11(10)24-14/h9,13,17,20H,3-8H2,1-2H3. The lowest BCUT2D eigenvalue weighted by Crippen LogP contribution is -2.40. The summed E-state index contributed by atoms with van der Waals surface area (Å²) in [6, 6.07) is 0. The largest absolute Gasteiger partial charge is 0.276 e. The highest BCUT2D eigenvalue weighted by atomic mass is 32.2. The Balaban J connectivity index is 1.70. The molecule has 5 rings (SSSR count). The predicted molar refractivity (Wildman–Crippen MR) is 97.8 cm³/mol. The number of anilines is 1. The second kappa shape index (κ2) is 5.72. The van der Waals surface area contributed by atoms with E-state index in [9.17, 15) is 0 Å². The quantitative estimate of drug-likeness (QED) is 0.819. The Labute approximate surface area is 150 Å². The molecule has 8 heteroatoms. The molecule has 0 radical (unpaired) electrons. The average molecular weight is 363 g/mol. The number of aryl methyl sites for hydroxylation is 1. The van der Waals surface area contributed by atoms with Gasteiger partial charge in [0.2, 0.25) is 5.95 Å². The summed E-state index contributed by atoms with van der Waals surface area (Å²) >= 11 is 3.77. The summed E-state index contributed by atoms with van der Waals surface area (Å²) in [5, 5.41) is 17.2. The first-order valence-electron chi connectivity index (χ1n) is 8.82. The van der Waals surface area contributed by atoms with Gasteiger partial charge in [-0.25, -0.2) is 9.99 Å². The molecule has 2 aromatic rings. The molecule has 2 aromatic heterocycles. The van der Waals surface area contributed by atoms with Gasteiger partial charge in [-0.3, -0.25) is 10.3 Å². The molecule has 0 saturated carbocycles. The Bertz CT molecular complexity index is 782. The topological polar surface area (TPSA) is 58.0 Å². The molecule has 2 N–H and O–H groups in total. The number of hydrogen-bond acceptors (Lipinski definition) is 7. The summed E-state index contributed by atoms with van der Waals surface area (Å²) in [6.45, 7) is 4.36. The van der Waals surface area contributed by atoms with Crippen LogP contribution < -0.4 is 15.8 Å². The zero-order valence-corrected chi connectivity index (χ0v) is 15.6. The number of hydrogen-bond donors (Lipinski definition) is 2. The van der Waals surface area contributed by atoms with Crippen LogP contribution in [-0.2, 0) is 12.8 Å². The Hall–Kier alpha value is -1.09. The second-order valence-electron chi connectivity index (χ2n) is 6.69. The molecule has 0 spiro atoms. The van der Waals surface area contributed by atoms with Gasteiger partial charge in [-0.2, -0.15) is 0 Å². The first-order chi connectivity index (χ1) is 11.8. The van der Waals surface area contributed by atoms with Crippen LogP contribution in [0.25, 0.3) is 5.00 Å². The van der Waals surface area contributed by atoms with Crippen molar-refractivity contribution in [2.45, 2.75) is 63.4 Å². The van der Waals surface area contributed by atoms with Gasteiger partial charge in [0.15, 0.2) is 5.16 Å². The Morgan fingerprint density at radius 2 is 2.17 bits per heavy atom. The molecule has 0 aromatic carbocycles. The fourth-order valence-corrected chi connectivity index (χ4v) is 6.19. The van der Waals surface area contributed by atoms with Crippen LogP contribution in [0.1, 0.15) is 55.3 Å². The number of thioether (sulfide) groups is 1. The number of hydrazine groups is 1. The van der Waals surface area contributed by atoms with Crippen LogP contribution in [0.5, 0.6) is 0 Å². The molecule has 24 heavy (non-hydrogen) atoms. The van der Waals surface area contributed by atoms with Crippen LogP contribution in [0.2, 0.25) is 0 Å². The van der Waals surface area contributed by atoms with E-state index < -0.39 is 0 Å². The highest BCUT2D eigenvalue weighted by Crippen LogP contribution is 2.48. The third kappa shape index (κ3) is 2.09. The van der Waals surface area contributed by atoms with Crippen LogP contribution in [0.4, 0.5) is 5.95 Å². The fraction of sp³-hybridized carbons (Fsp3) is 0.625. The molecular weight excluding hydrogens is 340 g/mol. The van der Waals surface area contributed by atoms with E-state index in [-0.39, 0.29) is 12.3 Å². The van der Waals surface area contributed by atoms with Gasteiger partial charge in [0.25, 0.3) is 0 Å². The minimum atomic E-state index is 0.175. The summed E-state index contributed by atoms with van der Waals surface area (Å²) < 4.78 is 2.28. The molecule has 1 fully saturated rings. The summed E-state index contributed by atoms with van der Waals surface area (Å²) in [5.41, 5.74) is 6.54. The Kier molecular flexibility index (Phi) is 3.62. The maximum atomic E-state index is 4.51. The van der Waals surface area contributed by atoms with Crippen molar-refractivity contribution in [3.05, 3.63) is 16.0 Å². The SMILES string of the molecule is CCCSc1nnc2n1-c1sc3c(c1C1NC(C)NN21)CCCC3. The highest BCUT2D eigenvalue weighted by molar-refractivity contribution is 7.99. The second-order valence-corrected chi connectivity index (χ2v) is 8.83. The number of aromatic nitrogens is 3. The van der Waals surface area contributed by atoms with Crippen molar-refractivity contribution in [3.63, 3.8) is 0 Å². The van der Waals surface area contributed by atoms with Crippen molar-refractivity contribution >= 4 is 29.0 Å². The molecule has 1 aliphatic carbocycles. The van der Waals surface area contributed by atoms with E-state index >= 15 is 0 Å². The molecule has 2 unspecified atom stereocenters. The van der Waals surface area contributed by atoms with Crippen molar-refractivity contribution < 1.29 is 0 Å². The van der Waals surface area contributed by atoms with Gasteiger partial charge in [-0.1, -0.05) is 18.7 Å². The van der Waals surface area contributed by atoms with E-state index in [2.05, 4.69) is 44.4 Å². The molecule has 3 aliphatic rings. The molecule has 2 atom stereocenters. The summed E-state index contributed by atoms with van der Waals surface area (Å²) in [7, 11) is 0. The predicted octanol–water partition coefficient (Wildman–Crippen LogP) is 2.98. The van der Waals surface area contributed by atoms with Gasteiger partial charge in [0, 0.05) is 16.2 Å². The first kappa shape index (κ1) is 15.2. The normalized spacial score (nSPS) is 24.5. The molecular formula is C16H22N6S2. The van der Waals surface area contributed by atoms with Gasteiger partial charge in [-0.15, -0.1) is 21.5 Å². The summed E-state index contributed by atoms with van der Waals surface area (Å²) in [6.07, 6.45) is 6.59. The minimum absolute atomic E-state index is 0.175. The van der Waals surface area contributed by atoms with E-state index in [0.29, 0.717) is 0 Å². The molecule has 6 nitrogen and oxygen atoms in total. The molecule has 0 bridgehead atoms. The Morgan fingerprint density at radius 3 is 3.04 bits per heavy atom. The van der Waals surface area contributed by atoms with Crippen molar-refractivity contribution in [2.75, 3.05) is 10.8 Å². The lowest BCUT2D eigenvalue weighted by Gasteiger charge is -2.31. The number of nitrogens with zero attached hydrogens (tertiary/aromatic N) is 4. The van der Waals surface area contributed by atoms with E-state index in [4.69, 9.17) is 0 Å². The van der Waals surface area contributed by atoms with E-state index in [1.165, 1.54) is 36.2 Å². The van der Waals surface area contributed by atoms with E-state index in [1.807, 2.05) is 23.1 Å². The van der Waals surface area contributed by atoms with Gasteiger partial charge in [0.05, 0.1) is 6.17 Å². The third-order valence-corrected chi connectivity index (χ3v) is 7.36. The van der Waals surface area contributed by atoms with Crippen LogP contribution in [0.3, 0.4) is 0 Å². The number of nitrogens with one attached hydrogen (secondary N) is 2. The lowest BCUT2D eigenvalue weighted by atomic mass is 9.94. The zero-order chi connectivity index (χ0) is 16.3. The third-order valence-electron chi connectivity index (χ3n) is 4.93.